The van der Waals surface area contributed by atoms with E-state index in [1.54, 1.807) is 18.0 Å². The fraction of sp³-hybridized carbons (Fsp3) is 0.409. The van der Waals surface area contributed by atoms with Gasteiger partial charge in [0.05, 0.1) is 17.6 Å². The highest BCUT2D eigenvalue weighted by Gasteiger charge is 2.28. The Bertz CT molecular complexity index is 1000. The Balaban J connectivity index is 1.90. The molecule has 0 N–H and O–H groups in total. The highest BCUT2D eigenvalue weighted by Crippen LogP contribution is 2.28. The van der Waals surface area contributed by atoms with Gasteiger partial charge in [0, 0.05) is 31.2 Å². The number of hydrogen-bond acceptors (Lipinski definition) is 4. The molecule has 162 valence electrons. The summed E-state index contributed by atoms with van der Waals surface area (Å²) >= 11 is 3.50. The van der Waals surface area contributed by atoms with Crippen molar-refractivity contribution in [3.63, 3.8) is 0 Å². The predicted octanol–water partition coefficient (Wildman–Crippen LogP) is 4.29. The Morgan fingerprint density at radius 2 is 1.77 bits per heavy atom. The standard InChI is InChI=1S/C22H27BrN2O4S/c1-24(16-17-9-5-6-10-20(17)23)22(26)19-15-18(11-12-21(19)29-2)30(27,28)25-13-7-3-4-8-14-25/h5-6,9-12,15H,3-4,7-8,13-14,16H2,1-2H3. The second-order valence-electron chi connectivity index (χ2n) is 7.43. The topological polar surface area (TPSA) is 66.9 Å². The number of hydrogen-bond donors (Lipinski definition) is 0. The number of nitrogens with zero attached hydrogens (tertiary/aromatic N) is 2. The van der Waals surface area contributed by atoms with E-state index in [-0.39, 0.29) is 16.4 Å². The molecular formula is C22H27BrN2O4S. The third-order valence-electron chi connectivity index (χ3n) is 5.32. The van der Waals surface area contributed by atoms with Gasteiger partial charge in [0.25, 0.3) is 5.91 Å². The van der Waals surface area contributed by atoms with E-state index in [4.69, 9.17) is 4.74 Å². The molecule has 0 aliphatic carbocycles. The SMILES string of the molecule is COc1ccc(S(=O)(=O)N2CCCCCC2)cc1C(=O)N(C)Cc1ccccc1Br. The maximum Gasteiger partial charge on any atom is 0.257 e. The maximum absolute atomic E-state index is 13.2. The van der Waals surface area contributed by atoms with Crippen LogP contribution in [-0.4, -0.2) is 50.8 Å². The van der Waals surface area contributed by atoms with Crippen LogP contribution in [0.5, 0.6) is 5.75 Å². The summed E-state index contributed by atoms with van der Waals surface area (Å²) in [5.41, 5.74) is 1.20. The zero-order valence-electron chi connectivity index (χ0n) is 17.3. The molecule has 0 radical (unpaired) electrons. The average Bonchev–Trinajstić information content (AvgIpc) is 3.04. The first-order valence-electron chi connectivity index (χ1n) is 10.0. The van der Waals surface area contributed by atoms with Gasteiger partial charge in [-0.05, 0) is 42.7 Å². The highest BCUT2D eigenvalue weighted by molar-refractivity contribution is 9.10. The van der Waals surface area contributed by atoms with Crippen LogP contribution in [0.25, 0.3) is 0 Å². The molecule has 0 unspecified atom stereocenters. The van der Waals surface area contributed by atoms with Gasteiger partial charge in [-0.3, -0.25) is 4.79 Å². The van der Waals surface area contributed by atoms with Crippen LogP contribution in [0.3, 0.4) is 0 Å². The van der Waals surface area contributed by atoms with Crippen molar-refractivity contribution in [3.8, 4) is 5.75 Å². The van der Waals surface area contributed by atoms with Crippen LogP contribution in [-0.2, 0) is 16.6 Å². The number of methoxy groups -OCH3 is 1. The van der Waals surface area contributed by atoms with E-state index in [9.17, 15) is 13.2 Å². The van der Waals surface area contributed by atoms with Gasteiger partial charge in [0.1, 0.15) is 5.75 Å². The van der Waals surface area contributed by atoms with E-state index in [2.05, 4.69) is 15.9 Å². The summed E-state index contributed by atoms with van der Waals surface area (Å²) < 4.78 is 34.1. The minimum absolute atomic E-state index is 0.128. The van der Waals surface area contributed by atoms with Gasteiger partial charge in [0.2, 0.25) is 10.0 Å². The third-order valence-corrected chi connectivity index (χ3v) is 7.98. The summed E-state index contributed by atoms with van der Waals surface area (Å²) in [5, 5.41) is 0. The normalized spacial score (nSPS) is 15.4. The molecule has 0 aromatic heterocycles. The molecule has 30 heavy (non-hydrogen) atoms. The number of sulfonamides is 1. The zero-order chi connectivity index (χ0) is 21.7. The van der Waals surface area contributed by atoms with Gasteiger partial charge in [0.15, 0.2) is 0 Å². The summed E-state index contributed by atoms with van der Waals surface area (Å²) in [7, 11) is -0.491. The molecule has 0 spiro atoms. The number of benzene rings is 2. The van der Waals surface area contributed by atoms with Crippen LogP contribution in [0.15, 0.2) is 51.8 Å². The van der Waals surface area contributed by atoms with Crippen molar-refractivity contribution >= 4 is 31.9 Å². The van der Waals surface area contributed by atoms with Gasteiger partial charge in [-0.2, -0.15) is 4.31 Å². The molecule has 1 saturated heterocycles. The average molecular weight is 495 g/mol. The maximum atomic E-state index is 13.2. The van der Waals surface area contributed by atoms with Crippen LogP contribution in [0.4, 0.5) is 0 Å². The number of ether oxygens (including phenoxy) is 1. The van der Waals surface area contributed by atoms with E-state index in [1.165, 1.54) is 23.5 Å². The first-order valence-corrected chi connectivity index (χ1v) is 12.2. The van der Waals surface area contributed by atoms with Crippen molar-refractivity contribution in [2.45, 2.75) is 37.1 Å². The van der Waals surface area contributed by atoms with Crippen LogP contribution >= 0.6 is 15.9 Å². The fourth-order valence-corrected chi connectivity index (χ4v) is 5.56. The monoisotopic (exact) mass is 494 g/mol. The fourth-order valence-electron chi connectivity index (χ4n) is 3.61. The Hall–Kier alpha value is -1.90. The first kappa shape index (κ1) is 22.8. The summed E-state index contributed by atoms with van der Waals surface area (Å²) in [6.45, 7) is 1.41. The molecular weight excluding hydrogens is 468 g/mol. The van der Waals surface area contributed by atoms with Crippen LogP contribution in [0, 0.1) is 0 Å². The minimum Gasteiger partial charge on any atom is -0.496 e. The second kappa shape index (κ2) is 9.94. The molecule has 1 aliphatic heterocycles. The van der Waals surface area contributed by atoms with E-state index in [0.29, 0.717) is 25.4 Å². The number of halogens is 1. The van der Waals surface area contributed by atoms with Gasteiger partial charge in [-0.15, -0.1) is 0 Å². The Labute approximate surface area is 187 Å². The molecule has 1 aliphatic rings. The van der Waals surface area contributed by atoms with Gasteiger partial charge >= 0.3 is 0 Å². The molecule has 1 fully saturated rings. The van der Waals surface area contributed by atoms with Crippen molar-refractivity contribution in [2.75, 3.05) is 27.2 Å². The second-order valence-corrected chi connectivity index (χ2v) is 10.2. The first-order chi connectivity index (χ1) is 14.3. The lowest BCUT2D eigenvalue weighted by Crippen LogP contribution is -2.32. The zero-order valence-corrected chi connectivity index (χ0v) is 19.7. The molecule has 1 amide bonds. The van der Waals surface area contributed by atoms with E-state index >= 15 is 0 Å². The lowest BCUT2D eigenvalue weighted by molar-refractivity contribution is 0.0781. The van der Waals surface area contributed by atoms with E-state index in [1.807, 2.05) is 24.3 Å². The number of carbonyl (C=O) groups is 1. The summed E-state index contributed by atoms with van der Waals surface area (Å²) in [6, 6.07) is 12.2. The Kier molecular flexibility index (Phi) is 7.55. The minimum atomic E-state index is -3.66. The van der Waals surface area contributed by atoms with Gasteiger partial charge in [-0.1, -0.05) is 47.0 Å². The van der Waals surface area contributed by atoms with Crippen molar-refractivity contribution in [1.82, 2.24) is 9.21 Å². The molecule has 0 atom stereocenters. The molecule has 0 bridgehead atoms. The smallest absolute Gasteiger partial charge is 0.257 e. The molecule has 3 rings (SSSR count). The van der Waals surface area contributed by atoms with E-state index in [0.717, 1.165) is 35.7 Å². The van der Waals surface area contributed by atoms with Crippen molar-refractivity contribution in [2.24, 2.45) is 0 Å². The van der Waals surface area contributed by atoms with Crippen LogP contribution < -0.4 is 4.74 Å². The van der Waals surface area contributed by atoms with Crippen molar-refractivity contribution in [3.05, 3.63) is 58.1 Å². The van der Waals surface area contributed by atoms with Crippen molar-refractivity contribution in [1.29, 1.82) is 0 Å². The highest BCUT2D eigenvalue weighted by atomic mass is 79.9. The van der Waals surface area contributed by atoms with Gasteiger partial charge < -0.3 is 9.64 Å². The molecule has 8 heteroatoms. The van der Waals surface area contributed by atoms with Crippen molar-refractivity contribution < 1.29 is 17.9 Å². The number of rotatable bonds is 6. The lowest BCUT2D eigenvalue weighted by Gasteiger charge is -2.22. The number of amides is 1. The largest absolute Gasteiger partial charge is 0.496 e. The third kappa shape index (κ3) is 5.04. The molecule has 6 nitrogen and oxygen atoms in total. The van der Waals surface area contributed by atoms with Crippen LogP contribution in [0.1, 0.15) is 41.6 Å². The van der Waals surface area contributed by atoms with Crippen LogP contribution in [0.2, 0.25) is 0 Å². The predicted molar refractivity (Wildman–Crippen MR) is 120 cm³/mol. The molecule has 2 aromatic rings. The number of carbonyl (C=O) groups excluding carboxylic acids is 1. The van der Waals surface area contributed by atoms with E-state index < -0.39 is 10.0 Å². The molecule has 2 aromatic carbocycles. The summed E-state index contributed by atoms with van der Waals surface area (Å²) in [5.74, 6) is 0.0595. The molecule has 1 heterocycles. The quantitative estimate of drug-likeness (QED) is 0.600. The Morgan fingerprint density at radius 1 is 1.10 bits per heavy atom. The summed E-state index contributed by atoms with van der Waals surface area (Å²) in [4.78, 5) is 14.9. The lowest BCUT2D eigenvalue weighted by atomic mass is 10.1. The molecule has 0 saturated carbocycles. The van der Waals surface area contributed by atoms with Gasteiger partial charge in [-0.25, -0.2) is 8.42 Å². The summed E-state index contributed by atoms with van der Waals surface area (Å²) in [6.07, 6.45) is 3.79. The Morgan fingerprint density at radius 3 is 2.40 bits per heavy atom.